The topological polar surface area (TPSA) is 32.8 Å². The zero-order chi connectivity index (χ0) is 49.4. The van der Waals surface area contributed by atoms with E-state index in [0.29, 0.717) is 0 Å². The molecule has 0 saturated carbocycles. The molecule has 13 aromatic rings. The van der Waals surface area contributed by atoms with E-state index in [0.717, 1.165) is 78.0 Å². The summed E-state index contributed by atoms with van der Waals surface area (Å²) in [5, 5.41) is 12.3. The lowest BCUT2D eigenvalue weighted by Gasteiger charge is -2.51. The van der Waals surface area contributed by atoms with Gasteiger partial charge >= 0.3 is 0 Å². The van der Waals surface area contributed by atoms with Crippen LogP contribution in [0, 0.1) is 0 Å². The molecule has 2 heterocycles. The lowest BCUT2D eigenvalue weighted by Crippen LogP contribution is -2.63. The predicted molar refractivity (Wildman–Crippen MR) is 316 cm³/mol. The molecule has 2 aromatic heterocycles. The number of hydrogen-bond donors (Lipinski definition) is 0. The standard InChI is InChI=1S/C67H54N2O2Si2/c1-72(2,3)67(73(4,5)6)60-39-44-37-47(68(45-19-9-7-10-20-45)49-32-35-63-57(41-49)52-24-15-17-27-61(52)70-63)30-29-43(44)38-59(60)65-54-26-14-13-23-51(54)56-40-48(31-34-55(56)66(65)67)69(46-21-11-8-12-22-46)50-33-36-64-58(42-50)53-25-16-18-28-62(53)71-64/h7-42H,1-6H3. The molecule has 1 aliphatic carbocycles. The van der Waals surface area contributed by atoms with Gasteiger partial charge in [0.1, 0.15) is 22.3 Å². The fourth-order valence-electron chi connectivity index (χ4n) is 13.5. The number of hydrogen-bond acceptors (Lipinski definition) is 4. The molecular formula is C67H54N2O2Si2. The first-order chi connectivity index (χ1) is 35.5. The molecule has 1 aliphatic rings. The van der Waals surface area contributed by atoms with Gasteiger partial charge in [0.25, 0.3) is 0 Å². The van der Waals surface area contributed by atoms with Gasteiger partial charge in [-0.05, 0) is 158 Å². The van der Waals surface area contributed by atoms with E-state index in [1.807, 2.05) is 12.1 Å². The number of anilines is 6. The van der Waals surface area contributed by atoms with E-state index in [9.17, 15) is 0 Å². The second-order valence-electron chi connectivity index (χ2n) is 22.1. The van der Waals surface area contributed by atoms with Gasteiger partial charge in [-0.25, -0.2) is 0 Å². The van der Waals surface area contributed by atoms with Crippen molar-refractivity contribution in [3.63, 3.8) is 0 Å². The summed E-state index contributed by atoms with van der Waals surface area (Å²) in [4.78, 5) is 4.82. The number of fused-ring (bicyclic) bond motifs is 15. The quantitative estimate of drug-likeness (QED) is 0.112. The first kappa shape index (κ1) is 43.6. The lowest BCUT2D eigenvalue weighted by molar-refractivity contribution is 0.668. The number of nitrogens with zero attached hydrogens (tertiary/aromatic N) is 2. The summed E-state index contributed by atoms with van der Waals surface area (Å²) in [6, 6.07) is 80.4. The Balaban J connectivity index is 0.994. The molecule has 6 heteroatoms. The van der Waals surface area contributed by atoms with Gasteiger partial charge in [-0.1, -0.05) is 155 Å². The maximum absolute atomic E-state index is 6.33. The summed E-state index contributed by atoms with van der Waals surface area (Å²) in [7, 11) is -4.29. The highest BCUT2D eigenvalue weighted by Crippen LogP contribution is 2.62. The summed E-state index contributed by atoms with van der Waals surface area (Å²) < 4.78 is 12.5. The molecule has 0 radical (unpaired) electrons. The molecule has 11 aromatic carbocycles. The Morgan fingerprint density at radius 2 is 0.753 bits per heavy atom. The van der Waals surface area contributed by atoms with Crippen molar-refractivity contribution in [3.8, 4) is 11.1 Å². The van der Waals surface area contributed by atoms with Crippen molar-refractivity contribution in [2.75, 3.05) is 9.80 Å². The molecule has 0 N–H and O–H groups in total. The SMILES string of the molecule is C[Si](C)(C)C1([Si](C)(C)C)c2cc3cc(N(c4ccccc4)c4ccc5oc6ccccc6c5c4)ccc3cc2-c2c1c1ccc(N(c3ccccc3)c3ccc4oc5ccccc5c4c3)cc1c1ccccc21. The Morgan fingerprint density at radius 1 is 0.315 bits per heavy atom. The van der Waals surface area contributed by atoms with Crippen LogP contribution in [-0.4, -0.2) is 16.1 Å². The van der Waals surface area contributed by atoms with Crippen molar-refractivity contribution in [1.82, 2.24) is 0 Å². The van der Waals surface area contributed by atoms with Gasteiger partial charge in [-0.15, -0.1) is 0 Å². The highest BCUT2D eigenvalue weighted by molar-refractivity contribution is 7.00. The van der Waals surface area contributed by atoms with Crippen molar-refractivity contribution in [3.05, 3.63) is 230 Å². The summed E-state index contributed by atoms with van der Waals surface area (Å²) >= 11 is 0. The minimum Gasteiger partial charge on any atom is -0.456 e. The van der Waals surface area contributed by atoms with Crippen molar-refractivity contribution >= 4 is 126 Å². The molecule has 0 unspecified atom stereocenters. The Kier molecular flexibility index (Phi) is 9.51. The first-order valence-electron chi connectivity index (χ1n) is 25.6. The van der Waals surface area contributed by atoms with Crippen molar-refractivity contribution in [1.29, 1.82) is 0 Å². The molecule has 0 bridgehead atoms. The Morgan fingerprint density at radius 3 is 1.30 bits per heavy atom. The molecule has 73 heavy (non-hydrogen) atoms. The van der Waals surface area contributed by atoms with Crippen LogP contribution in [0.1, 0.15) is 11.1 Å². The smallest absolute Gasteiger partial charge is 0.135 e. The van der Waals surface area contributed by atoms with E-state index in [-0.39, 0.29) is 4.66 Å². The summed E-state index contributed by atoms with van der Waals surface area (Å²) in [6.45, 7) is 15.8. The number of para-hydroxylation sites is 4. The fourth-order valence-corrected chi connectivity index (χ4v) is 26.5. The Bertz CT molecular complexity index is 4360. The molecule has 352 valence electrons. The van der Waals surface area contributed by atoms with E-state index < -0.39 is 16.1 Å². The molecule has 4 nitrogen and oxygen atoms in total. The van der Waals surface area contributed by atoms with E-state index in [2.05, 4.69) is 255 Å². The molecule has 0 saturated heterocycles. The van der Waals surface area contributed by atoms with Crippen molar-refractivity contribution in [2.24, 2.45) is 0 Å². The van der Waals surface area contributed by atoms with E-state index >= 15 is 0 Å². The summed E-state index contributed by atoms with van der Waals surface area (Å²) in [6.07, 6.45) is 0. The average molecular weight is 975 g/mol. The Hall–Kier alpha value is -8.17. The number of benzene rings is 11. The third-order valence-electron chi connectivity index (χ3n) is 16.0. The number of rotatable bonds is 8. The zero-order valence-corrected chi connectivity index (χ0v) is 44.0. The average Bonchev–Trinajstić information content (AvgIpc) is 4.07. The highest BCUT2D eigenvalue weighted by Gasteiger charge is 2.60. The van der Waals surface area contributed by atoms with Gasteiger partial charge in [0, 0.05) is 60.3 Å². The second kappa shape index (κ2) is 15.9. The van der Waals surface area contributed by atoms with Gasteiger partial charge in [0.2, 0.25) is 0 Å². The van der Waals surface area contributed by atoms with Crippen LogP contribution in [0.2, 0.25) is 39.3 Å². The highest BCUT2D eigenvalue weighted by atomic mass is 28.4. The molecule has 0 aliphatic heterocycles. The largest absolute Gasteiger partial charge is 0.456 e. The molecule has 0 fully saturated rings. The van der Waals surface area contributed by atoms with E-state index in [4.69, 9.17) is 8.83 Å². The van der Waals surface area contributed by atoms with Crippen LogP contribution < -0.4 is 9.80 Å². The predicted octanol–water partition coefficient (Wildman–Crippen LogP) is 19.9. The van der Waals surface area contributed by atoms with E-state index in [1.165, 1.54) is 49.0 Å². The second-order valence-corrected chi connectivity index (χ2v) is 33.1. The fraction of sp³-hybridized carbons (Fsp3) is 0.104. The van der Waals surface area contributed by atoms with Crippen LogP contribution in [0.25, 0.3) is 87.3 Å². The number of furan rings is 2. The molecule has 14 rings (SSSR count). The van der Waals surface area contributed by atoms with Crippen LogP contribution in [0.4, 0.5) is 34.1 Å². The third kappa shape index (κ3) is 6.43. The first-order valence-corrected chi connectivity index (χ1v) is 32.6. The molecule has 0 spiro atoms. The van der Waals surface area contributed by atoms with Crippen LogP contribution in [-0.2, 0) is 4.66 Å². The maximum atomic E-state index is 6.33. The van der Waals surface area contributed by atoms with Crippen LogP contribution >= 0.6 is 0 Å². The van der Waals surface area contributed by atoms with Gasteiger partial charge in [-0.2, -0.15) is 0 Å². The maximum Gasteiger partial charge on any atom is 0.135 e. The minimum absolute atomic E-state index is 0.127. The molecule has 0 amide bonds. The molecular weight excluding hydrogens is 921 g/mol. The zero-order valence-electron chi connectivity index (χ0n) is 42.0. The monoisotopic (exact) mass is 974 g/mol. The van der Waals surface area contributed by atoms with Crippen LogP contribution in [0.3, 0.4) is 0 Å². The minimum atomic E-state index is -2.15. The lowest BCUT2D eigenvalue weighted by atomic mass is 9.90. The van der Waals surface area contributed by atoms with Gasteiger partial charge in [0.15, 0.2) is 0 Å². The third-order valence-corrected chi connectivity index (χ3v) is 26.1. The van der Waals surface area contributed by atoms with E-state index in [1.54, 1.807) is 5.56 Å². The van der Waals surface area contributed by atoms with Gasteiger partial charge in [-0.3, -0.25) is 0 Å². The summed E-state index contributed by atoms with van der Waals surface area (Å²) in [5.74, 6) is 0. The van der Waals surface area contributed by atoms with Crippen LogP contribution in [0.5, 0.6) is 0 Å². The Labute approximate surface area is 427 Å². The summed E-state index contributed by atoms with van der Waals surface area (Å²) in [5.41, 5.74) is 16.1. The normalized spacial score (nSPS) is 13.5. The van der Waals surface area contributed by atoms with Crippen molar-refractivity contribution < 1.29 is 8.83 Å². The van der Waals surface area contributed by atoms with Gasteiger partial charge in [0.05, 0.1) is 16.1 Å². The van der Waals surface area contributed by atoms with Gasteiger partial charge < -0.3 is 18.6 Å². The van der Waals surface area contributed by atoms with Crippen molar-refractivity contribution in [2.45, 2.75) is 43.9 Å². The van der Waals surface area contributed by atoms with Crippen LogP contribution in [0.15, 0.2) is 227 Å². The molecule has 0 atom stereocenters.